The Morgan fingerprint density at radius 2 is 1.15 bits per heavy atom. The molecule has 0 amide bonds. The molecule has 0 fully saturated rings. The fourth-order valence-electron chi connectivity index (χ4n) is 3.86. The Morgan fingerprint density at radius 3 is 1.71 bits per heavy atom. The lowest BCUT2D eigenvalue weighted by Gasteiger charge is -2.27. The molecule has 0 saturated heterocycles. The number of nitrogens with zero attached hydrogens (tertiary/aromatic N) is 1. The van der Waals surface area contributed by atoms with E-state index in [-0.39, 0.29) is 11.4 Å². The lowest BCUT2D eigenvalue weighted by Crippen LogP contribution is -2.10. The number of rotatable bonds is 3. The van der Waals surface area contributed by atoms with Gasteiger partial charge in [-0.15, -0.1) is 0 Å². The fourth-order valence-corrected chi connectivity index (χ4v) is 3.86. The Balaban J connectivity index is 0.000000291. The lowest BCUT2D eigenvalue weighted by molar-refractivity contribution is 1.28. The molecule has 1 aliphatic rings. The van der Waals surface area contributed by atoms with E-state index in [9.17, 15) is 0 Å². The number of nitrogens with two attached hydrogens (primary N) is 1. The van der Waals surface area contributed by atoms with Gasteiger partial charge >= 0.3 is 0 Å². The lowest BCUT2D eigenvalue weighted by atomic mass is 10.0. The number of nitrogens with one attached hydrogen (secondary N) is 2. The molecule has 0 atom stereocenters. The number of nitrogen functional groups attached to an aromatic ring is 1. The normalized spacial score (nSPS) is 12.4. The number of fused-ring (bicyclic) bond motifs is 1. The van der Waals surface area contributed by atoms with E-state index in [0.29, 0.717) is 0 Å². The van der Waals surface area contributed by atoms with E-state index < -0.39 is 0 Å². The average Bonchev–Trinajstić information content (AvgIpc) is 2.85. The predicted octanol–water partition coefficient (Wildman–Crippen LogP) is 7.66. The molecule has 1 aliphatic carbocycles. The van der Waals surface area contributed by atoms with Gasteiger partial charge in [0.05, 0.1) is 17.1 Å². The van der Waals surface area contributed by atoms with E-state index >= 15 is 0 Å². The zero-order chi connectivity index (χ0) is 24.1. The van der Waals surface area contributed by atoms with Crippen LogP contribution in [0.25, 0.3) is 10.8 Å². The molecule has 0 heterocycles. The second kappa shape index (κ2) is 10.0. The van der Waals surface area contributed by atoms with Crippen LogP contribution in [0.15, 0.2) is 109 Å². The molecular formula is C30H28N4. The van der Waals surface area contributed by atoms with Crippen LogP contribution in [0.1, 0.15) is 11.1 Å². The first kappa shape index (κ1) is 22.7. The first-order chi connectivity index (χ1) is 16.4. The second-order valence-corrected chi connectivity index (χ2v) is 8.26. The van der Waals surface area contributed by atoms with Crippen LogP contribution in [0.5, 0.6) is 0 Å². The molecule has 5 rings (SSSR count). The molecule has 4 N–H and O–H groups in total. The van der Waals surface area contributed by atoms with Crippen molar-refractivity contribution in [2.75, 3.05) is 10.6 Å². The molecule has 34 heavy (non-hydrogen) atoms. The molecular weight excluding hydrogens is 416 g/mol. The largest absolute Gasteiger partial charge is 0.399 e. The van der Waals surface area contributed by atoms with Crippen molar-refractivity contribution in [3.8, 4) is 0 Å². The van der Waals surface area contributed by atoms with E-state index in [1.165, 1.54) is 27.6 Å². The molecule has 168 valence electrons. The highest BCUT2D eigenvalue weighted by Gasteiger charge is 2.15. The molecule has 4 nitrogen and oxygen atoms in total. The molecule has 4 aromatic carbocycles. The van der Waals surface area contributed by atoms with E-state index in [0.717, 1.165) is 17.1 Å². The number of benzene rings is 4. The Bertz CT molecular complexity index is 1330. The van der Waals surface area contributed by atoms with E-state index in [2.05, 4.69) is 91.5 Å². The van der Waals surface area contributed by atoms with Gasteiger partial charge in [-0.1, -0.05) is 60.2 Å². The molecule has 0 aliphatic heterocycles. The van der Waals surface area contributed by atoms with Crippen LogP contribution in [0.2, 0.25) is 0 Å². The molecule has 0 aromatic heterocycles. The molecule has 0 bridgehead atoms. The summed E-state index contributed by atoms with van der Waals surface area (Å²) in [5.41, 5.74) is 13.2. The third-order valence-corrected chi connectivity index (χ3v) is 5.73. The minimum Gasteiger partial charge on any atom is -0.399 e. The van der Waals surface area contributed by atoms with Gasteiger partial charge in [-0.2, -0.15) is 0 Å². The quantitative estimate of drug-likeness (QED) is 0.224. The van der Waals surface area contributed by atoms with Crippen LogP contribution in [0.4, 0.5) is 22.7 Å². The number of anilines is 4. The Morgan fingerprint density at radius 1 is 0.618 bits per heavy atom. The Hall–Kier alpha value is -4.44. The van der Waals surface area contributed by atoms with Gasteiger partial charge in [0.25, 0.3) is 0 Å². The van der Waals surface area contributed by atoms with Crippen molar-refractivity contribution in [2.24, 2.45) is 0 Å². The summed E-state index contributed by atoms with van der Waals surface area (Å²) in [7, 11) is 0. The molecule has 0 saturated carbocycles. The van der Waals surface area contributed by atoms with E-state index in [4.69, 9.17) is 16.6 Å². The van der Waals surface area contributed by atoms with Crippen molar-refractivity contribution in [3.05, 3.63) is 120 Å². The van der Waals surface area contributed by atoms with Gasteiger partial charge in [0.15, 0.2) is 0 Å². The van der Waals surface area contributed by atoms with Crippen molar-refractivity contribution in [2.45, 2.75) is 13.8 Å². The number of allylic oxidation sites excluding steroid dienone is 4. The van der Waals surface area contributed by atoms with Crippen LogP contribution in [0, 0.1) is 24.7 Å². The average molecular weight is 445 g/mol. The molecule has 4 heteroatoms. The van der Waals surface area contributed by atoms with Gasteiger partial charge < -0.3 is 10.6 Å². The van der Waals surface area contributed by atoms with Crippen molar-refractivity contribution in [1.82, 2.24) is 0 Å². The summed E-state index contributed by atoms with van der Waals surface area (Å²) < 4.78 is 0. The maximum absolute atomic E-state index is 7.03. The fraction of sp³-hybridized carbons (Fsp3) is 0.0667. The zero-order valence-electron chi connectivity index (χ0n) is 19.4. The van der Waals surface area contributed by atoms with Gasteiger partial charge in [0.1, 0.15) is 0 Å². The molecule has 4 aromatic rings. The van der Waals surface area contributed by atoms with Crippen molar-refractivity contribution in [1.29, 1.82) is 10.8 Å². The topological polar surface area (TPSA) is 77.0 Å². The Kier molecular flexibility index (Phi) is 6.69. The van der Waals surface area contributed by atoms with Crippen molar-refractivity contribution >= 4 is 44.9 Å². The van der Waals surface area contributed by atoms with Gasteiger partial charge in [-0.25, -0.2) is 0 Å². The molecule has 0 radical (unpaired) electrons. The smallest absolute Gasteiger partial charge is 0.0789 e. The maximum Gasteiger partial charge on any atom is 0.0789 e. The van der Waals surface area contributed by atoms with E-state index in [1.54, 1.807) is 24.3 Å². The van der Waals surface area contributed by atoms with Crippen molar-refractivity contribution < 1.29 is 0 Å². The van der Waals surface area contributed by atoms with Crippen molar-refractivity contribution in [3.63, 3.8) is 0 Å². The van der Waals surface area contributed by atoms with Gasteiger partial charge in [0.2, 0.25) is 0 Å². The SMILES string of the molecule is Cc1ccc(N(c2ccc(N)cc2)c2ccc(C)c3ccccc23)cc1.N=C1C=CC=CC1=N. The van der Waals surface area contributed by atoms with E-state index in [1.807, 2.05) is 12.1 Å². The summed E-state index contributed by atoms with van der Waals surface area (Å²) in [4.78, 5) is 2.29. The summed E-state index contributed by atoms with van der Waals surface area (Å²) in [6.45, 7) is 4.27. The molecule has 0 unspecified atom stereocenters. The Labute approximate surface area is 200 Å². The van der Waals surface area contributed by atoms with Crippen LogP contribution < -0.4 is 10.6 Å². The first-order valence-electron chi connectivity index (χ1n) is 11.2. The summed E-state index contributed by atoms with van der Waals surface area (Å²) >= 11 is 0. The van der Waals surface area contributed by atoms with Crippen LogP contribution in [-0.2, 0) is 0 Å². The molecule has 0 spiro atoms. The maximum atomic E-state index is 7.03. The monoisotopic (exact) mass is 444 g/mol. The zero-order valence-corrected chi connectivity index (χ0v) is 19.4. The highest BCUT2D eigenvalue weighted by Crippen LogP contribution is 2.39. The van der Waals surface area contributed by atoms with Gasteiger partial charge in [-0.05, 0) is 79.4 Å². The number of hydrogen-bond acceptors (Lipinski definition) is 4. The van der Waals surface area contributed by atoms with Crippen LogP contribution in [-0.4, -0.2) is 11.4 Å². The second-order valence-electron chi connectivity index (χ2n) is 8.26. The standard InChI is InChI=1S/C24H22N2.C6H6N2/c1-17-7-12-20(13-8-17)26(21-14-10-19(25)11-15-21)24-16-9-18(2)22-5-3-4-6-23(22)24;7-5-3-1-2-4-6(5)8/h3-16H,25H2,1-2H3;1-4,7-8H. The minimum atomic E-state index is 0.285. The summed E-state index contributed by atoms with van der Waals surface area (Å²) in [6.07, 6.45) is 6.70. The summed E-state index contributed by atoms with van der Waals surface area (Å²) in [5.74, 6) is 0. The highest BCUT2D eigenvalue weighted by molar-refractivity contribution is 6.48. The van der Waals surface area contributed by atoms with Crippen LogP contribution >= 0.6 is 0 Å². The number of aryl methyl sites for hydroxylation is 2. The summed E-state index contributed by atoms with van der Waals surface area (Å²) in [5, 5.41) is 16.6. The third kappa shape index (κ3) is 4.97. The highest BCUT2D eigenvalue weighted by atomic mass is 15.1. The number of hydrogen-bond donors (Lipinski definition) is 3. The summed E-state index contributed by atoms with van der Waals surface area (Å²) in [6, 6.07) is 29.6. The predicted molar refractivity (Wildman–Crippen MR) is 146 cm³/mol. The first-order valence-corrected chi connectivity index (χ1v) is 11.2. The van der Waals surface area contributed by atoms with Gasteiger partial charge in [0, 0.05) is 22.4 Å². The van der Waals surface area contributed by atoms with Crippen LogP contribution in [0.3, 0.4) is 0 Å². The minimum absolute atomic E-state index is 0.285. The van der Waals surface area contributed by atoms with Gasteiger partial charge in [-0.3, -0.25) is 10.8 Å². The third-order valence-electron chi connectivity index (χ3n) is 5.73.